The van der Waals surface area contributed by atoms with E-state index in [2.05, 4.69) is 29.2 Å². The van der Waals surface area contributed by atoms with Crippen LogP contribution in [0.4, 0.5) is 0 Å². The molecular formula is C19H26N4O2. The van der Waals surface area contributed by atoms with Crippen LogP contribution >= 0.6 is 0 Å². The van der Waals surface area contributed by atoms with Gasteiger partial charge >= 0.3 is 5.97 Å². The Labute approximate surface area is 148 Å². The molecule has 3 rings (SSSR count). The number of hydrogen-bond donors (Lipinski definition) is 1. The Bertz CT molecular complexity index is 741. The molecule has 2 aromatic heterocycles. The van der Waals surface area contributed by atoms with Crippen LogP contribution in [0.1, 0.15) is 54.7 Å². The second-order valence-corrected chi connectivity index (χ2v) is 6.77. The first kappa shape index (κ1) is 17.6. The highest BCUT2D eigenvalue weighted by atomic mass is 16.4. The summed E-state index contributed by atoms with van der Waals surface area (Å²) in [6.07, 6.45) is 7.02. The van der Waals surface area contributed by atoms with E-state index in [0.717, 1.165) is 49.4 Å². The lowest BCUT2D eigenvalue weighted by Gasteiger charge is -2.24. The zero-order valence-electron chi connectivity index (χ0n) is 15.0. The Hall–Kier alpha value is -2.21. The second-order valence-electron chi connectivity index (χ2n) is 6.77. The minimum atomic E-state index is -0.758. The minimum absolute atomic E-state index is 0.160. The van der Waals surface area contributed by atoms with Crippen molar-refractivity contribution in [1.82, 2.24) is 19.7 Å². The van der Waals surface area contributed by atoms with Crippen LogP contribution in [0.2, 0.25) is 0 Å². The fourth-order valence-corrected chi connectivity index (χ4v) is 3.58. The van der Waals surface area contributed by atoms with E-state index in [-0.39, 0.29) is 6.42 Å². The summed E-state index contributed by atoms with van der Waals surface area (Å²) in [5.41, 5.74) is 4.33. The Morgan fingerprint density at radius 2 is 2.20 bits per heavy atom. The third-order valence-electron chi connectivity index (χ3n) is 4.76. The van der Waals surface area contributed by atoms with Crippen molar-refractivity contribution in [2.75, 3.05) is 6.54 Å². The molecule has 0 amide bonds. The van der Waals surface area contributed by atoms with Gasteiger partial charge in [-0.05, 0) is 57.4 Å². The lowest BCUT2D eigenvalue weighted by molar-refractivity contribution is -0.136. The number of pyridine rings is 1. The van der Waals surface area contributed by atoms with Crippen LogP contribution in [0.5, 0.6) is 0 Å². The predicted octanol–water partition coefficient (Wildman–Crippen LogP) is 2.96. The summed E-state index contributed by atoms with van der Waals surface area (Å²) < 4.78 is 1.95. The summed E-state index contributed by atoms with van der Waals surface area (Å²) in [7, 11) is 0. The van der Waals surface area contributed by atoms with Gasteiger partial charge in [-0.3, -0.25) is 19.4 Å². The van der Waals surface area contributed by atoms with Gasteiger partial charge in [-0.15, -0.1) is 0 Å². The quantitative estimate of drug-likeness (QED) is 0.837. The van der Waals surface area contributed by atoms with Crippen molar-refractivity contribution in [3.8, 4) is 0 Å². The highest BCUT2D eigenvalue weighted by molar-refractivity contribution is 5.67. The van der Waals surface area contributed by atoms with Gasteiger partial charge in [0.2, 0.25) is 0 Å². The van der Waals surface area contributed by atoms with Crippen molar-refractivity contribution in [3.05, 3.63) is 47.0 Å². The molecule has 6 heteroatoms. The van der Waals surface area contributed by atoms with Crippen LogP contribution < -0.4 is 0 Å². The molecule has 134 valence electrons. The smallest absolute Gasteiger partial charge is 0.303 e. The third kappa shape index (κ3) is 4.45. The maximum absolute atomic E-state index is 10.8. The molecule has 0 unspecified atom stereocenters. The van der Waals surface area contributed by atoms with E-state index in [1.54, 1.807) is 0 Å². The number of carboxylic acids is 1. The topological polar surface area (TPSA) is 71.2 Å². The van der Waals surface area contributed by atoms with Crippen LogP contribution in [0.25, 0.3) is 0 Å². The lowest BCUT2D eigenvalue weighted by atomic mass is 10.0. The zero-order chi connectivity index (χ0) is 17.8. The van der Waals surface area contributed by atoms with E-state index in [0.29, 0.717) is 12.5 Å². The number of nitrogens with zero attached hydrogens (tertiary/aromatic N) is 4. The second kappa shape index (κ2) is 7.78. The molecule has 1 atom stereocenters. The monoisotopic (exact) mass is 342 g/mol. The van der Waals surface area contributed by atoms with Crippen LogP contribution in [-0.2, 0) is 24.3 Å². The molecular weight excluding hydrogens is 316 g/mol. The third-order valence-corrected chi connectivity index (χ3v) is 4.76. The molecule has 1 N–H and O–H groups in total. The SMILES string of the molecule is CCn1cc(CN2CCC[C@@H]2c2cc(CCC(=O)O)cc(C)n2)cn1. The molecule has 0 saturated carbocycles. The van der Waals surface area contributed by atoms with Crippen LogP contribution in [0, 0.1) is 6.92 Å². The van der Waals surface area contributed by atoms with E-state index in [9.17, 15) is 4.79 Å². The van der Waals surface area contributed by atoms with E-state index >= 15 is 0 Å². The first-order valence-electron chi connectivity index (χ1n) is 8.99. The number of aryl methyl sites for hydroxylation is 3. The van der Waals surface area contributed by atoms with Crippen molar-refractivity contribution in [2.45, 2.75) is 58.7 Å². The Kier molecular flexibility index (Phi) is 5.48. The predicted molar refractivity (Wildman–Crippen MR) is 95.2 cm³/mol. The van der Waals surface area contributed by atoms with Gasteiger partial charge in [-0.1, -0.05) is 0 Å². The molecule has 25 heavy (non-hydrogen) atoms. The van der Waals surface area contributed by atoms with Gasteiger partial charge in [-0.25, -0.2) is 0 Å². The number of likely N-dealkylation sites (tertiary alicyclic amines) is 1. The number of aliphatic carboxylic acids is 1. The normalized spacial score (nSPS) is 17.9. The molecule has 3 heterocycles. The molecule has 6 nitrogen and oxygen atoms in total. The molecule has 0 spiro atoms. The number of rotatable bonds is 7. The Morgan fingerprint density at radius 1 is 1.36 bits per heavy atom. The first-order chi connectivity index (χ1) is 12.0. The fraction of sp³-hybridized carbons (Fsp3) is 0.526. The molecule has 1 aliphatic heterocycles. The molecule has 2 aromatic rings. The first-order valence-corrected chi connectivity index (χ1v) is 8.99. The highest BCUT2D eigenvalue weighted by Crippen LogP contribution is 2.32. The molecule has 1 aliphatic rings. The van der Waals surface area contributed by atoms with Crippen molar-refractivity contribution in [1.29, 1.82) is 0 Å². The largest absolute Gasteiger partial charge is 0.481 e. The van der Waals surface area contributed by atoms with Gasteiger partial charge in [0.25, 0.3) is 0 Å². The molecule has 1 fully saturated rings. The maximum atomic E-state index is 10.8. The Balaban J connectivity index is 1.75. The molecule has 0 radical (unpaired) electrons. The van der Waals surface area contributed by atoms with Crippen molar-refractivity contribution in [3.63, 3.8) is 0 Å². The van der Waals surface area contributed by atoms with Gasteiger partial charge in [0, 0.05) is 37.0 Å². The fourth-order valence-electron chi connectivity index (χ4n) is 3.58. The standard InChI is InChI=1S/C19H26N4O2/c1-3-23-13-16(11-20-23)12-22-8-4-5-18(22)17-10-15(6-7-19(24)25)9-14(2)21-17/h9-11,13,18H,3-8,12H2,1-2H3,(H,24,25)/t18-/m1/s1. The van der Waals surface area contributed by atoms with Crippen molar-refractivity contribution < 1.29 is 9.90 Å². The van der Waals surface area contributed by atoms with Crippen LogP contribution in [0.3, 0.4) is 0 Å². The van der Waals surface area contributed by atoms with E-state index < -0.39 is 5.97 Å². The van der Waals surface area contributed by atoms with Gasteiger partial charge in [-0.2, -0.15) is 5.10 Å². The summed E-state index contributed by atoms with van der Waals surface area (Å²) >= 11 is 0. The van der Waals surface area contributed by atoms with Crippen LogP contribution in [0.15, 0.2) is 24.5 Å². The average Bonchev–Trinajstić information content (AvgIpc) is 3.22. The summed E-state index contributed by atoms with van der Waals surface area (Å²) in [6, 6.07) is 4.39. The van der Waals surface area contributed by atoms with E-state index in [1.807, 2.05) is 23.9 Å². The Morgan fingerprint density at radius 3 is 2.92 bits per heavy atom. The van der Waals surface area contributed by atoms with Crippen molar-refractivity contribution in [2.24, 2.45) is 0 Å². The number of carbonyl (C=O) groups is 1. The zero-order valence-corrected chi connectivity index (χ0v) is 15.0. The summed E-state index contributed by atoms with van der Waals surface area (Å²) in [4.78, 5) is 18.1. The van der Waals surface area contributed by atoms with Crippen molar-refractivity contribution >= 4 is 5.97 Å². The molecule has 1 saturated heterocycles. The molecule has 0 bridgehead atoms. The minimum Gasteiger partial charge on any atom is -0.481 e. The number of hydrogen-bond acceptors (Lipinski definition) is 4. The summed E-state index contributed by atoms with van der Waals surface area (Å²) in [6.45, 7) is 6.89. The highest BCUT2D eigenvalue weighted by Gasteiger charge is 2.27. The van der Waals surface area contributed by atoms with Gasteiger partial charge in [0.1, 0.15) is 0 Å². The van der Waals surface area contributed by atoms with E-state index in [1.165, 1.54) is 5.56 Å². The summed E-state index contributed by atoms with van der Waals surface area (Å²) in [5.74, 6) is -0.758. The van der Waals surface area contributed by atoms with Gasteiger partial charge in [0.15, 0.2) is 0 Å². The summed E-state index contributed by atoms with van der Waals surface area (Å²) in [5, 5.41) is 13.3. The number of carboxylic acid groups (broad SMARTS) is 1. The average molecular weight is 342 g/mol. The lowest BCUT2D eigenvalue weighted by Crippen LogP contribution is -2.23. The number of aromatic nitrogens is 3. The van der Waals surface area contributed by atoms with E-state index in [4.69, 9.17) is 10.1 Å². The van der Waals surface area contributed by atoms with Crippen LogP contribution in [-0.4, -0.2) is 37.3 Å². The maximum Gasteiger partial charge on any atom is 0.303 e. The molecule has 0 aliphatic carbocycles. The molecule has 0 aromatic carbocycles. The van der Waals surface area contributed by atoms with Gasteiger partial charge < -0.3 is 5.11 Å². The van der Waals surface area contributed by atoms with Gasteiger partial charge in [0.05, 0.1) is 17.9 Å².